The normalized spacial score (nSPS) is 20.2. The number of benzene rings is 1. The molecule has 1 unspecified atom stereocenters. The Labute approximate surface area is 117 Å². The van der Waals surface area contributed by atoms with Crippen LogP contribution in [0.1, 0.15) is 26.2 Å². The summed E-state index contributed by atoms with van der Waals surface area (Å²) in [4.78, 5) is 2.27. The Morgan fingerprint density at radius 3 is 3.06 bits per heavy atom. The summed E-state index contributed by atoms with van der Waals surface area (Å²) < 4.78 is 14.1. The number of halogens is 2. The van der Waals surface area contributed by atoms with Crippen molar-refractivity contribution < 1.29 is 4.39 Å². The maximum atomic E-state index is 13.5. The summed E-state index contributed by atoms with van der Waals surface area (Å²) in [6.07, 6.45) is 3.54. The smallest absolute Gasteiger partial charge is 0.139 e. The van der Waals surface area contributed by atoms with Gasteiger partial charge in [-0.25, -0.2) is 4.39 Å². The van der Waals surface area contributed by atoms with Crippen molar-refractivity contribution in [1.82, 2.24) is 5.32 Å². The highest BCUT2D eigenvalue weighted by molar-refractivity contribution is 9.10. The predicted molar refractivity (Wildman–Crippen MR) is 77.6 cm³/mol. The second-order valence-electron chi connectivity index (χ2n) is 4.84. The SMILES string of the molecule is CCCNC1CCCN(c2ccc(Br)c(F)c2)C1. The van der Waals surface area contributed by atoms with Gasteiger partial charge < -0.3 is 10.2 Å². The fourth-order valence-electron chi connectivity index (χ4n) is 2.41. The molecule has 2 nitrogen and oxygen atoms in total. The molecular formula is C14H20BrFN2. The van der Waals surface area contributed by atoms with Crippen LogP contribution >= 0.6 is 15.9 Å². The lowest BCUT2D eigenvalue weighted by Crippen LogP contribution is -2.46. The molecule has 0 amide bonds. The Hall–Kier alpha value is -0.610. The van der Waals surface area contributed by atoms with Crippen molar-refractivity contribution >= 4 is 21.6 Å². The molecule has 0 bridgehead atoms. The van der Waals surface area contributed by atoms with Crippen LogP contribution in [0, 0.1) is 5.82 Å². The molecule has 1 atom stereocenters. The Balaban J connectivity index is 2.01. The molecule has 1 N–H and O–H groups in total. The van der Waals surface area contributed by atoms with Crippen LogP contribution in [0.15, 0.2) is 22.7 Å². The molecule has 1 fully saturated rings. The zero-order valence-corrected chi connectivity index (χ0v) is 12.3. The van der Waals surface area contributed by atoms with Crippen LogP contribution in [-0.4, -0.2) is 25.7 Å². The van der Waals surface area contributed by atoms with E-state index in [4.69, 9.17) is 0 Å². The zero-order valence-electron chi connectivity index (χ0n) is 10.8. The van der Waals surface area contributed by atoms with E-state index >= 15 is 0 Å². The van der Waals surface area contributed by atoms with Crippen molar-refractivity contribution in [3.05, 3.63) is 28.5 Å². The lowest BCUT2D eigenvalue weighted by Gasteiger charge is -2.35. The Kier molecular flexibility index (Phi) is 5.01. The van der Waals surface area contributed by atoms with Crippen LogP contribution in [0.3, 0.4) is 0 Å². The van der Waals surface area contributed by atoms with E-state index < -0.39 is 0 Å². The average molecular weight is 315 g/mol. The summed E-state index contributed by atoms with van der Waals surface area (Å²) in [5, 5.41) is 3.55. The fraction of sp³-hybridized carbons (Fsp3) is 0.571. The molecule has 1 saturated heterocycles. The van der Waals surface area contributed by atoms with Crippen molar-refractivity contribution in [3.8, 4) is 0 Å². The molecule has 2 rings (SSSR count). The first kappa shape index (κ1) is 13.8. The number of anilines is 1. The van der Waals surface area contributed by atoms with Gasteiger partial charge in [0.05, 0.1) is 4.47 Å². The highest BCUT2D eigenvalue weighted by atomic mass is 79.9. The summed E-state index contributed by atoms with van der Waals surface area (Å²) in [6, 6.07) is 5.92. The minimum atomic E-state index is -0.184. The number of hydrogen-bond acceptors (Lipinski definition) is 2. The molecule has 4 heteroatoms. The summed E-state index contributed by atoms with van der Waals surface area (Å²) in [5.41, 5.74) is 0.985. The first-order valence-corrected chi connectivity index (χ1v) is 7.43. The predicted octanol–water partition coefficient (Wildman–Crippen LogP) is 3.56. The molecule has 0 aliphatic carbocycles. The molecule has 18 heavy (non-hydrogen) atoms. The fourth-order valence-corrected chi connectivity index (χ4v) is 2.66. The van der Waals surface area contributed by atoms with Gasteiger partial charge in [-0.05, 0) is 59.9 Å². The Bertz CT molecular complexity index is 397. The van der Waals surface area contributed by atoms with Gasteiger partial charge in [-0.1, -0.05) is 6.92 Å². The number of piperidine rings is 1. The summed E-state index contributed by atoms with van der Waals surface area (Å²) in [5.74, 6) is -0.184. The summed E-state index contributed by atoms with van der Waals surface area (Å²) in [6.45, 7) is 5.23. The monoisotopic (exact) mass is 314 g/mol. The number of hydrogen-bond donors (Lipinski definition) is 1. The second kappa shape index (κ2) is 6.53. The van der Waals surface area contributed by atoms with E-state index in [-0.39, 0.29) is 5.82 Å². The van der Waals surface area contributed by atoms with E-state index in [9.17, 15) is 4.39 Å². The van der Waals surface area contributed by atoms with E-state index in [0.29, 0.717) is 10.5 Å². The van der Waals surface area contributed by atoms with Crippen LogP contribution in [0.5, 0.6) is 0 Å². The van der Waals surface area contributed by atoms with Gasteiger partial charge in [0, 0.05) is 24.8 Å². The van der Waals surface area contributed by atoms with Gasteiger partial charge in [0.15, 0.2) is 0 Å². The van der Waals surface area contributed by atoms with Crippen molar-refractivity contribution in [2.45, 2.75) is 32.2 Å². The highest BCUT2D eigenvalue weighted by Gasteiger charge is 2.19. The van der Waals surface area contributed by atoms with Crippen molar-refractivity contribution in [2.75, 3.05) is 24.5 Å². The average Bonchev–Trinajstić information content (AvgIpc) is 2.40. The van der Waals surface area contributed by atoms with Crippen LogP contribution in [0.4, 0.5) is 10.1 Å². The number of rotatable bonds is 4. The van der Waals surface area contributed by atoms with Gasteiger partial charge in [-0.3, -0.25) is 0 Å². The maximum absolute atomic E-state index is 13.5. The standard InChI is InChI=1S/C14H20BrFN2/c1-2-7-17-11-4-3-8-18(10-11)12-5-6-13(15)14(16)9-12/h5-6,9,11,17H,2-4,7-8,10H2,1H3. The number of nitrogens with zero attached hydrogens (tertiary/aromatic N) is 1. The minimum absolute atomic E-state index is 0.184. The third-order valence-electron chi connectivity index (χ3n) is 3.37. The lowest BCUT2D eigenvalue weighted by molar-refractivity contribution is 0.423. The molecule has 100 valence electrons. The molecule has 0 saturated carbocycles. The van der Waals surface area contributed by atoms with E-state index in [1.54, 1.807) is 12.1 Å². The molecule has 1 aromatic carbocycles. The van der Waals surface area contributed by atoms with E-state index in [2.05, 4.69) is 33.1 Å². The van der Waals surface area contributed by atoms with Gasteiger partial charge in [0.2, 0.25) is 0 Å². The van der Waals surface area contributed by atoms with Crippen LogP contribution in [0.25, 0.3) is 0 Å². The minimum Gasteiger partial charge on any atom is -0.370 e. The van der Waals surface area contributed by atoms with Crippen LogP contribution < -0.4 is 10.2 Å². The quantitative estimate of drug-likeness (QED) is 0.914. The molecule has 1 aliphatic heterocycles. The third kappa shape index (κ3) is 3.45. The molecule has 0 radical (unpaired) electrons. The number of nitrogens with one attached hydrogen (secondary N) is 1. The van der Waals surface area contributed by atoms with Gasteiger partial charge in [-0.2, -0.15) is 0 Å². The Morgan fingerprint density at radius 2 is 2.33 bits per heavy atom. The zero-order chi connectivity index (χ0) is 13.0. The third-order valence-corrected chi connectivity index (χ3v) is 4.02. The first-order chi connectivity index (χ1) is 8.70. The molecule has 0 aromatic heterocycles. The first-order valence-electron chi connectivity index (χ1n) is 6.64. The van der Waals surface area contributed by atoms with Crippen LogP contribution in [-0.2, 0) is 0 Å². The topological polar surface area (TPSA) is 15.3 Å². The van der Waals surface area contributed by atoms with Crippen LogP contribution in [0.2, 0.25) is 0 Å². The van der Waals surface area contributed by atoms with E-state index in [1.807, 2.05) is 6.07 Å². The van der Waals surface area contributed by atoms with Crippen molar-refractivity contribution in [1.29, 1.82) is 0 Å². The summed E-state index contributed by atoms with van der Waals surface area (Å²) in [7, 11) is 0. The summed E-state index contributed by atoms with van der Waals surface area (Å²) >= 11 is 3.19. The molecule has 1 aliphatic rings. The van der Waals surface area contributed by atoms with E-state index in [0.717, 1.165) is 31.7 Å². The second-order valence-corrected chi connectivity index (χ2v) is 5.69. The van der Waals surface area contributed by atoms with Crippen molar-refractivity contribution in [3.63, 3.8) is 0 Å². The lowest BCUT2D eigenvalue weighted by atomic mass is 10.0. The molecule has 0 spiro atoms. The van der Waals surface area contributed by atoms with E-state index in [1.165, 1.54) is 12.8 Å². The molecule has 1 heterocycles. The maximum Gasteiger partial charge on any atom is 0.139 e. The Morgan fingerprint density at radius 1 is 1.50 bits per heavy atom. The van der Waals surface area contributed by atoms with Gasteiger partial charge in [0.1, 0.15) is 5.82 Å². The molecule has 1 aromatic rings. The highest BCUT2D eigenvalue weighted by Crippen LogP contribution is 2.24. The van der Waals surface area contributed by atoms with Gasteiger partial charge >= 0.3 is 0 Å². The molecular weight excluding hydrogens is 295 g/mol. The van der Waals surface area contributed by atoms with Gasteiger partial charge in [0.25, 0.3) is 0 Å². The van der Waals surface area contributed by atoms with Gasteiger partial charge in [-0.15, -0.1) is 0 Å². The largest absolute Gasteiger partial charge is 0.370 e. The van der Waals surface area contributed by atoms with Crippen molar-refractivity contribution in [2.24, 2.45) is 0 Å².